The highest BCUT2D eigenvalue weighted by Crippen LogP contribution is 2.22. The Balaban J connectivity index is 1.68. The molecule has 1 saturated carbocycles. The molecule has 1 aromatic carbocycles. The number of para-hydroxylation sites is 1. The van der Waals surface area contributed by atoms with Crippen molar-refractivity contribution in [1.82, 2.24) is 5.48 Å². The Morgan fingerprint density at radius 3 is 2.55 bits per heavy atom. The predicted molar refractivity (Wildman–Crippen MR) is 77.5 cm³/mol. The first-order chi connectivity index (χ1) is 9.66. The maximum atomic E-state index is 11.6. The molecule has 4 nitrogen and oxygen atoms in total. The molecule has 20 heavy (non-hydrogen) atoms. The Morgan fingerprint density at radius 1 is 1.25 bits per heavy atom. The van der Waals surface area contributed by atoms with Crippen molar-refractivity contribution in [2.24, 2.45) is 0 Å². The number of carbonyl (C=O) groups excluding carboxylic acids is 1. The molecule has 1 aromatic rings. The number of hydrogen-bond donors (Lipinski definition) is 1. The fraction of sp³-hybridized carbons (Fsp3) is 0.562. The number of nitrogens with one attached hydrogen (secondary N) is 1. The summed E-state index contributed by atoms with van der Waals surface area (Å²) in [5.74, 6) is 0.750. The van der Waals surface area contributed by atoms with E-state index < -0.39 is 0 Å². The first kappa shape index (κ1) is 14.9. The predicted octanol–water partition coefficient (Wildman–Crippen LogP) is 3.06. The highest BCUT2D eigenvalue weighted by atomic mass is 16.7. The van der Waals surface area contributed by atoms with E-state index in [2.05, 4.69) is 5.48 Å². The van der Waals surface area contributed by atoms with Gasteiger partial charge in [-0.1, -0.05) is 31.0 Å². The molecule has 1 aliphatic rings. The summed E-state index contributed by atoms with van der Waals surface area (Å²) in [5.41, 5.74) is 4.70. The Bertz CT molecular complexity index is 433. The molecule has 0 atom stereocenters. The Kier molecular flexibility index (Phi) is 5.41. The number of rotatable bonds is 6. The minimum atomic E-state index is -0.122. The average molecular weight is 277 g/mol. The molecule has 1 fully saturated rings. The molecule has 0 heterocycles. The molecule has 2 rings (SSSR count). The van der Waals surface area contributed by atoms with E-state index in [0.717, 1.165) is 29.7 Å². The summed E-state index contributed by atoms with van der Waals surface area (Å²) >= 11 is 0. The minimum absolute atomic E-state index is 0.122. The van der Waals surface area contributed by atoms with Gasteiger partial charge in [0.05, 0.1) is 19.1 Å². The Labute approximate surface area is 120 Å². The summed E-state index contributed by atoms with van der Waals surface area (Å²) in [4.78, 5) is 17.0. The van der Waals surface area contributed by atoms with Crippen molar-refractivity contribution in [3.63, 3.8) is 0 Å². The Hall–Kier alpha value is -1.55. The van der Waals surface area contributed by atoms with Crippen LogP contribution < -0.4 is 10.2 Å². The van der Waals surface area contributed by atoms with Gasteiger partial charge in [0, 0.05) is 0 Å². The van der Waals surface area contributed by atoms with Crippen molar-refractivity contribution in [3.8, 4) is 5.75 Å². The number of hydrogen-bond acceptors (Lipinski definition) is 3. The second-order valence-corrected chi connectivity index (χ2v) is 5.37. The molecule has 1 amide bonds. The van der Waals surface area contributed by atoms with Gasteiger partial charge in [-0.2, -0.15) is 0 Å². The van der Waals surface area contributed by atoms with Crippen LogP contribution in [0.2, 0.25) is 0 Å². The summed E-state index contributed by atoms with van der Waals surface area (Å²) in [6, 6.07) is 6.01. The maximum absolute atomic E-state index is 11.6. The van der Waals surface area contributed by atoms with Crippen LogP contribution in [0.15, 0.2) is 18.2 Å². The summed E-state index contributed by atoms with van der Waals surface area (Å²) in [6.45, 7) is 4.38. The monoisotopic (exact) mass is 277 g/mol. The zero-order valence-electron chi connectivity index (χ0n) is 12.3. The van der Waals surface area contributed by atoms with E-state index in [1.165, 1.54) is 12.8 Å². The van der Waals surface area contributed by atoms with Gasteiger partial charge in [0.25, 0.3) is 0 Å². The fourth-order valence-electron chi connectivity index (χ4n) is 2.48. The summed E-state index contributed by atoms with van der Waals surface area (Å²) in [7, 11) is 0. The molecule has 1 N–H and O–H groups in total. The van der Waals surface area contributed by atoms with Gasteiger partial charge in [-0.05, 0) is 37.8 Å². The third-order valence-electron chi connectivity index (χ3n) is 3.63. The van der Waals surface area contributed by atoms with Crippen LogP contribution in [0, 0.1) is 13.8 Å². The third kappa shape index (κ3) is 4.23. The number of aryl methyl sites for hydroxylation is 2. The third-order valence-corrected chi connectivity index (χ3v) is 3.63. The number of ether oxygens (including phenoxy) is 1. The molecule has 110 valence electrons. The van der Waals surface area contributed by atoms with Gasteiger partial charge >= 0.3 is 0 Å². The van der Waals surface area contributed by atoms with Crippen LogP contribution in [0.3, 0.4) is 0 Å². The van der Waals surface area contributed by atoms with E-state index in [0.29, 0.717) is 13.0 Å². The molecule has 4 heteroatoms. The number of amides is 1. The van der Waals surface area contributed by atoms with Gasteiger partial charge in [-0.15, -0.1) is 0 Å². The van der Waals surface area contributed by atoms with E-state index in [-0.39, 0.29) is 12.0 Å². The molecule has 0 unspecified atom stereocenters. The van der Waals surface area contributed by atoms with Crippen molar-refractivity contribution >= 4 is 5.91 Å². The highest BCUT2D eigenvalue weighted by molar-refractivity contribution is 5.74. The molecular formula is C16H23NO3. The topological polar surface area (TPSA) is 47.6 Å². The van der Waals surface area contributed by atoms with E-state index >= 15 is 0 Å². The standard InChI is InChI=1S/C16H23NO3/c1-12-6-5-7-13(2)16(12)19-11-10-15(18)17-20-14-8-3-4-9-14/h5-7,14H,3-4,8-11H2,1-2H3,(H,17,18). The normalized spacial score (nSPS) is 15.3. The SMILES string of the molecule is Cc1cccc(C)c1OCCC(=O)NOC1CCCC1. The minimum Gasteiger partial charge on any atom is -0.493 e. The van der Waals surface area contributed by atoms with Crippen molar-refractivity contribution in [3.05, 3.63) is 29.3 Å². The van der Waals surface area contributed by atoms with Crippen LogP contribution >= 0.6 is 0 Å². The lowest BCUT2D eigenvalue weighted by atomic mass is 10.1. The zero-order chi connectivity index (χ0) is 14.4. The molecule has 0 aliphatic heterocycles. The fourth-order valence-corrected chi connectivity index (χ4v) is 2.48. The van der Waals surface area contributed by atoms with Crippen LogP contribution in [-0.2, 0) is 9.63 Å². The summed E-state index contributed by atoms with van der Waals surface area (Å²) in [5, 5.41) is 0. The summed E-state index contributed by atoms with van der Waals surface area (Å²) in [6.07, 6.45) is 4.96. The van der Waals surface area contributed by atoms with E-state index in [9.17, 15) is 4.79 Å². The first-order valence-electron chi connectivity index (χ1n) is 7.30. The Morgan fingerprint density at radius 2 is 1.90 bits per heavy atom. The van der Waals surface area contributed by atoms with Gasteiger partial charge in [0.2, 0.25) is 5.91 Å². The van der Waals surface area contributed by atoms with Gasteiger partial charge in [-0.3, -0.25) is 9.63 Å². The second kappa shape index (κ2) is 7.29. The second-order valence-electron chi connectivity index (χ2n) is 5.37. The molecular weight excluding hydrogens is 254 g/mol. The van der Waals surface area contributed by atoms with Gasteiger partial charge < -0.3 is 4.74 Å². The van der Waals surface area contributed by atoms with Crippen LogP contribution in [0.5, 0.6) is 5.75 Å². The molecule has 1 aliphatic carbocycles. The first-order valence-corrected chi connectivity index (χ1v) is 7.30. The average Bonchev–Trinajstić information content (AvgIpc) is 2.93. The molecule has 0 spiro atoms. The number of carbonyl (C=O) groups is 1. The van der Waals surface area contributed by atoms with E-state index in [1.54, 1.807) is 0 Å². The van der Waals surface area contributed by atoms with Crippen LogP contribution in [0.25, 0.3) is 0 Å². The molecule has 0 aromatic heterocycles. The summed E-state index contributed by atoms with van der Waals surface area (Å²) < 4.78 is 5.69. The maximum Gasteiger partial charge on any atom is 0.246 e. The van der Waals surface area contributed by atoms with Crippen LogP contribution in [0.1, 0.15) is 43.2 Å². The lowest BCUT2D eigenvalue weighted by Gasteiger charge is -2.13. The quantitative estimate of drug-likeness (QED) is 0.813. The number of benzene rings is 1. The van der Waals surface area contributed by atoms with Crippen LogP contribution in [-0.4, -0.2) is 18.6 Å². The van der Waals surface area contributed by atoms with Gasteiger partial charge in [-0.25, -0.2) is 5.48 Å². The van der Waals surface area contributed by atoms with Gasteiger partial charge in [0.1, 0.15) is 5.75 Å². The van der Waals surface area contributed by atoms with E-state index in [4.69, 9.17) is 9.57 Å². The molecule has 0 saturated heterocycles. The van der Waals surface area contributed by atoms with Crippen molar-refractivity contribution in [2.45, 2.75) is 52.1 Å². The number of hydroxylamine groups is 1. The van der Waals surface area contributed by atoms with Crippen molar-refractivity contribution in [2.75, 3.05) is 6.61 Å². The largest absolute Gasteiger partial charge is 0.493 e. The lowest BCUT2D eigenvalue weighted by Crippen LogP contribution is -2.29. The lowest BCUT2D eigenvalue weighted by molar-refractivity contribution is -0.138. The van der Waals surface area contributed by atoms with Crippen molar-refractivity contribution < 1.29 is 14.4 Å². The zero-order valence-corrected chi connectivity index (χ0v) is 12.3. The smallest absolute Gasteiger partial charge is 0.246 e. The highest BCUT2D eigenvalue weighted by Gasteiger charge is 2.16. The molecule has 0 bridgehead atoms. The van der Waals surface area contributed by atoms with Crippen LogP contribution in [0.4, 0.5) is 0 Å². The van der Waals surface area contributed by atoms with Crippen molar-refractivity contribution in [1.29, 1.82) is 0 Å². The van der Waals surface area contributed by atoms with Gasteiger partial charge in [0.15, 0.2) is 0 Å². The molecule has 0 radical (unpaired) electrons. The van der Waals surface area contributed by atoms with E-state index in [1.807, 2.05) is 32.0 Å².